The quantitative estimate of drug-likeness (QED) is 0.751. The SMILES string of the molecule is CC(=O)c1ccc(CN2CCOCC2)c(F)c1. The van der Waals surface area contributed by atoms with E-state index in [0.717, 1.165) is 13.1 Å². The zero-order valence-corrected chi connectivity index (χ0v) is 9.91. The first kappa shape index (κ1) is 12.2. The highest BCUT2D eigenvalue weighted by Gasteiger charge is 2.13. The van der Waals surface area contributed by atoms with E-state index >= 15 is 0 Å². The van der Waals surface area contributed by atoms with E-state index in [1.165, 1.54) is 13.0 Å². The van der Waals surface area contributed by atoms with Crippen molar-refractivity contribution in [1.82, 2.24) is 4.90 Å². The molecule has 0 amide bonds. The number of ketones is 1. The zero-order valence-electron chi connectivity index (χ0n) is 9.91. The second-order valence-electron chi connectivity index (χ2n) is 4.25. The normalized spacial score (nSPS) is 17.1. The van der Waals surface area contributed by atoms with Crippen molar-refractivity contribution in [2.24, 2.45) is 0 Å². The van der Waals surface area contributed by atoms with Gasteiger partial charge in [-0.15, -0.1) is 0 Å². The predicted octanol–water partition coefficient (Wildman–Crippen LogP) is 1.86. The largest absolute Gasteiger partial charge is 0.379 e. The molecule has 1 saturated heterocycles. The van der Waals surface area contributed by atoms with E-state index in [-0.39, 0.29) is 11.6 Å². The van der Waals surface area contributed by atoms with Gasteiger partial charge in [0, 0.05) is 30.8 Å². The number of carbonyl (C=O) groups excluding carboxylic acids is 1. The third kappa shape index (κ3) is 3.11. The van der Waals surface area contributed by atoms with E-state index in [2.05, 4.69) is 4.90 Å². The number of halogens is 1. The molecule has 2 rings (SSSR count). The molecule has 0 aromatic heterocycles. The number of morpholine rings is 1. The van der Waals surface area contributed by atoms with Crippen LogP contribution in [0.3, 0.4) is 0 Å². The van der Waals surface area contributed by atoms with Crippen LogP contribution in [0.5, 0.6) is 0 Å². The Morgan fingerprint density at radius 1 is 1.41 bits per heavy atom. The number of nitrogens with zero attached hydrogens (tertiary/aromatic N) is 1. The van der Waals surface area contributed by atoms with Gasteiger partial charge in [0.15, 0.2) is 5.78 Å². The standard InChI is InChI=1S/C13H16FNO2/c1-10(16)11-2-3-12(13(14)8-11)9-15-4-6-17-7-5-15/h2-3,8H,4-7,9H2,1H3. The van der Waals surface area contributed by atoms with Crippen LogP contribution in [0.4, 0.5) is 4.39 Å². The Balaban J connectivity index is 2.08. The molecule has 1 heterocycles. The highest BCUT2D eigenvalue weighted by molar-refractivity contribution is 5.94. The number of rotatable bonds is 3. The number of hydrogen-bond donors (Lipinski definition) is 0. The van der Waals surface area contributed by atoms with Crippen molar-refractivity contribution >= 4 is 5.78 Å². The molecule has 17 heavy (non-hydrogen) atoms. The second kappa shape index (κ2) is 5.38. The van der Waals surface area contributed by atoms with Crippen molar-refractivity contribution in [1.29, 1.82) is 0 Å². The molecule has 0 aliphatic carbocycles. The van der Waals surface area contributed by atoms with Crippen LogP contribution >= 0.6 is 0 Å². The average Bonchev–Trinajstić information content (AvgIpc) is 2.33. The van der Waals surface area contributed by atoms with Gasteiger partial charge in [0.2, 0.25) is 0 Å². The minimum atomic E-state index is -0.302. The summed E-state index contributed by atoms with van der Waals surface area (Å²) in [7, 11) is 0. The topological polar surface area (TPSA) is 29.5 Å². The molecule has 0 saturated carbocycles. The third-order valence-electron chi connectivity index (χ3n) is 2.96. The maximum atomic E-state index is 13.8. The second-order valence-corrected chi connectivity index (χ2v) is 4.25. The maximum absolute atomic E-state index is 13.8. The van der Waals surface area contributed by atoms with E-state index in [0.29, 0.717) is 30.9 Å². The van der Waals surface area contributed by atoms with Crippen LogP contribution in [0, 0.1) is 5.82 Å². The molecule has 0 unspecified atom stereocenters. The van der Waals surface area contributed by atoms with E-state index in [1.807, 2.05) is 0 Å². The lowest BCUT2D eigenvalue weighted by Gasteiger charge is -2.26. The summed E-state index contributed by atoms with van der Waals surface area (Å²) in [4.78, 5) is 13.3. The molecule has 0 bridgehead atoms. The van der Waals surface area contributed by atoms with Crippen molar-refractivity contribution in [3.63, 3.8) is 0 Å². The fourth-order valence-electron chi connectivity index (χ4n) is 1.89. The van der Waals surface area contributed by atoms with Gasteiger partial charge in [-0.1, -0.05) is 12.1 Å². The Hall–Kier alpha value is -1.26. The van der Waals surface area contributed by atoms with Crippen LogP contribution in [0.2, 0.25) is 0 Å². The van der Waals surface area contributed by atoms with Crippen molar-refractivity contribution in [2.75, 3.05) is 26.3 Å². The van der Waals surface area contributed by atoms with Gasteiger partial charge >= 0.3 is 0 Å². The summed E-state index contributed by atoms with van der Waals surface area (Å²) in [6, 6.07) is 4.70. The smallest absolute Gasteiger partial charge is 0.159 e. The van der Waals surface area contributed by atoms with Crippen LogP contribution in [-0.4, -0.2) is 37.0 Å². The lowest BCUT2D eigenvalue weighted by molar-refractivity contribution is 0.0337. The monoisotopic (exact) mass is 237 g/mol. The lowest BCUT2D eigenvalue weighted by atomic mass is 10.1. The lowest BCUT2D eigenvalue weighted by Crippen LogP contribution is -2.35. The molecule has 0 spiro atoms. The van der Waals surface area contributed by atoms with Gasteiger partial charge in [0.1, 0.15) is 5.82 Å². The Morgan fingerprint density at radius 3 is 2.71 bits per heavy atom. The van der Waals surface area contributed by atoms with E-state index in [4.69, 9.17) is 4.74 Å². The molecular weight excluding hydrogens is 221 g/mol. The van der Waals surface area contributed by atoms with E-state index in [9.17, 15) is 9.18 Å². The summed E-state index contributed by atoms with van der Waals surface area (Å²) in [5, 5.41) is 0. The summed E-state index contributed by atoms with van der Waals surface area (Å²) in [5.74, 6) is -0.411. The Labute approximate surface area is 100 Å². The molecule has 1 aromatic rings. The first-order valence-electron chi connectivity index (χ1n) is 5.76. The van der Waals surface area contributed by atoms with Crippen LogP contribution in [-0.2, 0) is 11.3 Å². The molecule has 0 N–H and O–H groups in total. The summed E-state index contributed by atoms with van der Waals surface area (Å²) in [6.45, 7) is 5.08. The van der Waals surface area contributed by atoms with Crippen LogP contribution in [0.1, 0.15) is 22.8 Å². The van der Waals surface area contributed by atoms with Crippen molar-refractivity contribution in [2.45, 2.75) is 13.5 Å². The predicted molar refractivity (Wildman–Crippen MR) is 62.5 cm³/mol. The third-order valence-corrected chi connectivity index (χ3v) is 2.96. The Morgan fingerprint density at radius 2 is 2.12 bits per heavy atom. The Kier molecular flexibility index (Phi) is 3.86. The van der Waals surface area contributed by atoms with Crippen LogP contribution in [0.15, 0.2) is 18.2 Å². The van der Waals surface area contributed by atoms with Gasteiger partial charge in [0.25, 0.3) is 0 Å². The van der Waals surface area contributed by atoms with Gasteiger partial charge in [-0.2, -0.15) is 0 Å². The molecule has 1 aliphatic rings. The number of ether oxygens (including phenoxy) is 1. The number of Topliss-reactive ketones (excluding diaryl/α,β-unsaturated/α-hetero) is 1. The van der Waals surface area contributed by atoms with Crippen LogP contribution in [0.25, 0.3) is 0 Å². The van der Waals surface area contributed by atoms with Crippen molar-refractivity contribution in [3.05, 3.63) is 35.1 Å². The summed E-state index contributed by atoms with van der Waals surface area (Å²) < 4.78 is 19.0. The molecular formula is C13H16FNO2. The molecule has 4 heteroatoms. The first-order chi connectivity index (χ1) is 8.16. The fraction of sp³-hybridized carbons (Fsp3) is 0.462. The van der Waals surface area contributed by atoms with E-state index < -0.39 is 0 Å². The van der Waals surface area contributed by atoms with Gasteiger partial charge in [-0.05, 0) is 13.0 Å². The number of hydrogen-bond acceptors (Lipinski definition) is 3. The van der Waals surface area contributed by atoms with Crippen molar-refractivity contribution in [3.8, 4) is 0 Å². The minimum Gasteiger partial charge on any atom is -0.379 e. The number of carbonyl (C=O) groups is 1. The van der Waals surface area contributed by atoms with Crippen LogP contribution < -0.4 is 0 Å². The van der Waals surface area contributed by atoms with Gasteiger partial charge in [0.05, 0.1) is 13.2 Å². The average molecular weight is 237 g/mol. The van der Waals surface area contributed by atoms with E-state index in [1.54, 1.807) is 12.1 Å². The van der Waals surface area contributed by atoms with Crippen molar-refractivity contribution < 1.29 is 13.9 Å². The summed E-state index contributed by atoms with van der Waals surface area (Å²) in [6.07, 6.45) is 0. The number of benzene rings is 1. The van der Waals surface area contributed by atoms with Gasteiger partial charge in [-0.25, -0.2) is 4.39 Å². The molecule has 3 nitrogen and oxygen atoms in total. The molecule has 92 valence electrons. The highest BCUT2D eigenvalue weighted by Crippen LogP contribution is 2.14. The molecule has 1 fully saturated rings. The Bertz CT molecular complexity index is 414. The minimum absolute atomic E-state index is 0.109. The molecule has 1 aliphatic heterocycles. The van der Waals surface area contributed by atoms with Gasteiger partial charge < -0.3 is 4.74 Å². The summed E-state index contributed by atoms with van der Waals surface area (Å²) >= 11 is 0. The zero-order chi connectivity index (χ0) is 12.3. The summed E-state index contributed by atoms with van der Waals surface area (Å²) in [5.41, 5.74) is 1.06. The van der Waals surface area contributed by atoms with Gasteiger partial charge in [-0.3, -0.25) is 9.69 Å². The fourth-order valence-corrected chi connectivity index (χ4v) is 1.89. The molecule has 0 radical (unpaired) electrons. The molecule has 0 atom stereocenters. The first-order valence-corrected chi connectivity index (χ1v) is 5.76. The maximum Gasteiger partial charge on any atom is 0.159 e. The highest BCUT2D eigenvalue weighted by atomic mass is 19.1. The molecule has 1 aromatic carbocycles.